The number of halogens is 4. The zero-order valence-electron chi connectivity index (χ0n) is 14.1. The van der Waals surface area contributed by atoms with Crippen LogP contribution in [-0.2, 0) is 17.6 Å². The highest BCUT2D eigenvalue weighted by Crippen LogP contribution is 2.38. The number of fused-ring (bicyclic) bond motifs is 1. The standard InChI is InChI=1S/C18H16F4N2O2S/c19-10-6-8-11(9-7-10)23-15(25)14-12-4-2-1-3-5-13(12)27-16(14)24-17(26)18(20,21)22/h6-9H,1-5H2,(H,23,25)(H,24,26). The minimum absolute atomic E-state index is 0.0545. The Bertz CT molecular complexity index is 859. The van der Waals surface area contributed by atoms with Gasteiger partial charge in [-0.2, -0.15) is 13.2 Å². The van der Waals surface area contributed by atoms with Crippen LogP contribution in [0.4, 0.5) is 28.3 Å². The summed E-state index contributed by atoms with van der Waals surface area (Å²) in [5.74, 6) is -3.22. The lowest BCUT2D eigenvalue weighted by Gasteiger charge is -2.11. The van der Waals surface area contributed by atoms with Crippen LogP contribution in [-0.4, -0.2) is 18.0 Å². The van der Waals surface area contributed by atoms with Gasteiger partial charge in [-0.05, 0) is 55.5 Å². The smallest absolute Gasteiger partial charge is 0.322 e. The zero-order valence-corrected chi connectivity index (χ0v) is 14.9. The lowest BCUT2D eigenvalue weighted by Crippen LogP contribution is -2.30. The van der Waals surface area contributed by atoms with Crippen LogP contribution >= 0.6 is 11.3 Å². The molecule has 27 heavy (non-hydrogen) atoms. The van der Waals surface area contributed by atoms with Gasteiger partial charge in [0, 0.05) is 10.6 Å². The highest BCUT2D eigenvalue weighted by Gasteiger charge is 2.40. The second kappa shape index (κ2) is 7.67. The maximum atomic E-state index is 13.0. The van der Waals surface area contributed by atoms with Gasteiger partial charge in [-0.25, -0.2) is 4.39 Å². The Morgan fingerprint density at radius 1 is 0.963 bits per heavy atom. The van der Waals surface area contributed by atoms with Gasteiger partial charge in [0.1, 0.15) is 10.8 Å². The van der Waals surface area contributed by atoms with Crippen LogP contribution in [0, 0.1) is 5.82 Å². The monoisotopic (exact) mass is 400 g/mol. The zero-order chi connectivity index (χ0) is 19.6. The maximum absolute atomic E-state index is 13.0. The van der Waals surface area contributed by atoms with Gasteiger partial charge in [-0.3, -0.25) is 9.59 Å². The quantitative estimate of drug-likeness (QED) is 0.568. The first-order chi connectivity index (χ1) is 12.8. The van der Waals surface area contributed by atoms with Crippen LogP contribution in [0.5, 0.6) is 0 Å². The topological polar surface area (TPSA) is 58.2 Å². The summed E-state index contributed by atoms with van der Waals surface area (Å²) in [5.41, 5.74) is 1.04. The summed E-state index contributed by atoms with van der Waals surface area (Å²) >= 11 is 1.01. The molecule has 2 N–H and O–H groups in total. The van der Waals surface area contributed by atoms with E-state index < -0.39 is 23.8 Å². The van der Waals surface area contributed by atoms with E-state index in [0.29, 0.717) is 24.1 Å². The molecule has 0 unspecified atom stereocenters. The van der Waals surface area contributed by atoms with E-state index >= 15 is 0 Å². The summed E-state index contributed by atoms with van der Waals surface area (Å²) in [6, 6.07) is 5.03. The molecule has 1 aliphatic carbocycles. The van der Waals surface area contributed by atoms with Gasteiger partial charge in [0.25, 0.3) is 5.91 Å². The summed E-state index contributed by atoms with van der Waals surface area (Å²) in [5, 5.41) is 4.29. The summed E-state index contributed by atoms with van der Waals surface area (Å²) < 4.78 is 51.0. The Labute approximate surface area is 156 Å². The molecule has 0 bridgehead atoms. The summed E-state index contributed by atoms with van der Waals surface area (Å²) in [7, 11) is 0. The third-order valence-corrected chi connectivity index (χ3v) is 5.44. The van der Waals surface area contributed by atoms with E-state index in [-0.39, 0.29) is 10.6 Å². The normalized spacial score (nSPS) is 14.2. The number of carbonyl (C=O) groups excluding carboxylic acids is 2. The number of carbonyl (C=O) groups is 2. The number of rotatable bonds is 3. The molecule has 0 saturated carbocycles. The second-order valence-corrected chi connectivity index (χ2v) is 7.29. The first kappa shape index (κ1) is 19.3. The van der Waals surface area contributed by atoms with E-state index in [1.807, 2.05) is 5.32 Å². The third-order valence-electron chi connectivity index (χ3n) is 4.23. The molecule has 9 heteroatoms. The number of anilines is 2. The summed E-state index contributed by atoms with van der Waals surface area (Å²) in [4.78, 5) is 25.0. The van der Waals surface area contributed by atoms with Crippen molar-refractivity contribution in [2.24, 2.45) is 0 Å². The van der Waals surface area contributed by atoms with Gasteiger partial charge >= 0.3 is 12.1 Å². The van der Waals surface area contributed by atoms with Crippen molar-refractivity contribution in [3.05, 3.63) is 46.1 Å². The summed E-state index contributed by atoms with van der Waals surface area (Å²) in [6.07, 6.45) is -1.19. The fourth-order valence-electron chi connectivity index (χ4n) is 2.97. The van der Waals surface area contributed by atoms with Crippen molar-refractivity contribution in [3.8, 4) is 0 Å². The lowest BCUT2D eigenvalue weighted by molar-refractivity contribution is -0.167. The van der Waals surface area contributed by atoms with Crippen LogP contribution < -0.4 is 10.6 Å². The number of nitrogens with one attached hydrogen (secondary N) is 2. The first-order valence-electron chi connectivity index (χ1n) is 8.35. The Hall–Kier alpha value is -2.42. The molecule has 0 radical (unpaired) electrons. The molecule has 1 heterocycles. The van der Waals surface area contributed by atoms with Crippen molar-refractivity contribution in [1.82, 2.24) is 0 Å². The second-order valence-electron chi connectivity index (χ2n) is 6.18. The Morgan fingerprint density at radius 3 is 2.30 bits per heavy atom. The van der Waals surface area contributed by atoms with Crippen LogP contribution in [0.15, 0.2) is 24.3 Å². The Balaban J connectivity index is 1.95. The fraction of sp³-hybridized carbons (Fsp3) is 0.333. The molecule has 2 aromatic rings. The van der Waals surface area contributed by atoms with Crippen molar-refractivity contribution < 1.29 is 27.2 Å². The SMILES string of the molecule is O=C(Nc1ccc(F)cc1)c1c(NC(=O)C(F)(F)F)sc2c1CCCCC2. The van der Waals surface area contributed by atoms with Crippen LogP contribution in [0.2, 0.25) is 0 Å². The Kier molecular flexibility index (Phi) is 5.50. The molecule has 4 nitrogen and oxygen atoms in total. The molecule has 3 rings (SSSR count). The van der Waals surface area contributed by atoms with E-state index in [0.717, 1.165) is 47.6 Å². The molecule has 0 fully saturated rings. The number of alkyl halides is 3. The molecule has 2 amide bonds. The van der Waals surface area contributed by atoms with E-state index in [1.165, 1.54) is 12.1 Å². The van der Waals surface area contributed by atoms with Crippen LogP contribution in [0.3, 0.4) is 0 Å². The molecule has 0 aliphatic heterocycles. The number of amides is 2. The van der Waals surface area contributed by atoms with Gasteiger partial charge in [-0.15, -0.1) is 11.3 Å². The highest BCUT2D eigenvalue weighted by atomic mass is 32.1. The predicted octanol–water partition coefficient (Wildman–Crippen LogP) is 4.91. The van der Waals surface area contributed by atoms with Gasteiger partial charge in [0.2, 0.25) is 0 Å². The number of aryl methyl sites for hydroxylation is 1. The average Bonchev–Trinajstić information content (AvgIpc) is 2.77. The number of hydrogen-bond acceptors (Lipinski definition) is 3. The molecule has 0 saturated heterocycles. The molecule has 1 aliphatic rings. The largest absolute Gasteiger partial charge is 0.471 e. The molecular weight excluding hydrogens is 384 g/mol. The van der Waals surface area contributed by atoms with Crippen molar-refractivity contribution >= 4 is 33.8 Å². The highest BCUT2D eigenvalue weighted by molar-refractivity contribution is 7.17. The number of hydrogen-bond donors (Lipinski definition) is 2. The Morgan fingerprint density at radius 2 is 1.63 bits per heavy atom. The van der Waals surface area contributed by atoms with Gasteiger partial charge < -0.3 is 10.6 Å². The maximum Gasteiger partial charge on any atom is 0.471 e. The predicted molar refractivity (Wildman–Crippen MR) is 94.6 cm³/mol. The van der Waals surface area contributed by atoms with E-state index in [4.69, 9.17) is 0 Å². The molecule has 1 aromatic heterocycles. The van der Waals surface area contributed by atoms with Crippen molar-refractivity contribution in [3.63, 3.8) is 0 Å². The number of benzene rings is 1. The van der Waals surface area contributed by atoms with E-state index in [2.05, 4.69) is 5.32 Å². The fourth-order valence-corrected chi connectivity index (χ4v) is 4.25. The van der Waals surface area contributed by atoms with Gasteiger partial charge in [0.15, 0.2) is 0 Å². The van der Waals surface area contributed by atoms with Crippen LogP contribution in [0.25, 0.3) is 0 Å². The van der Waals surface area contributed by atoms with Crippen molar-refractivity contribution in [2.75, 3.05) is 10.6 Å². The molecule has 144 valence electrons. The van der Waals surface area contributed by atoms with E-state index in [9.17, 15) is 27.2 Å². The van der Waals surface area contributed by atoms with E-state index in [1.54, 1.807) is 0 Å². The first-order valence-corrected chi connectivity index (χ1v) is 9.17. The minimum atomic E-state index is -5.05. The molecular formula is C18H16F4N2O2S. The molecule has 0 atom stereocenters. The van der Waals surface area contributed by atoms with Crippen LogP contribution in [0.1, 0.15) is 40.1 Å². The number of thiophene rings is 1. The minimum Gasteiger partial charge on any atom is -0.322 e. The van der Waals surface area contributed by atoms with Crippen molar-refractivity contribution in [1.29, 1.82) is 0 Å². The lowest BCUT2D eigenvalue weighted by atomic mass is 10.0. The summed E-state index contributed by atoms with van der Waals surface area (Å²) in [6.45, 7) is 0. The van der Waals surface area contributed by atoms with Gasteiger partial charge in [0.05, 0.1) is 5.56 Å². The third kappa shape index (κ3) is 4.47. The average molecular weight is 400 g/mol. The molecule has 1 aromatic carbocycles. The van der Waals surface area contributed by atoms with Crippen molar-refractivity contribution in [2.45, 2.75) is 38.3 Å². The molecule has 0 spiro atoms. The van der Waals surface area contributed by atoms with Gasteiger partial charge in [-0.1, -0.05) is 6.42 Å².